The third kappa shape index (κ3) is 9.60. The van der Waals surface area contributed by atoms with E-state index in [2.05, 4.69) is 16.0 Å². The fraction of sp³-hybridized carbons (Fsp3) is 0.565. The summed E-state index contributed by atoms with van der Waals surface area (Å²) in [6.45, 7) is 4.97. The quantitative estimate of drug-likeness (QED) is 0.218. The van der Waals surface area contributed by atoms with Gasteiger partial charge in [0.15, 0.2) is 0 Å². The molecular formula is C23H36N4O6S. The number of benzene rings is 1. The maximum atomic E-state index is 13.0. The second-order valence-corrected chi connectivity index (χ2v) is 9.25. The number of rotatable bonds is 14. The molecule has 0 aliphatic carbocycles. The molecule has 0 aliphatic rings. The number of hydrogen-bond donors (Lipinski definition) is 6. The highest BCUT2D eigenvalue weighted by atomic mass is 32.2. The van der Waals surface area contributed by atoms with Gasteiger partial charge in [0.25, 0.3) is 0 Å². The van der Waals surface area contributed by atoms with E-state index in [1.165, 1.54) is 19.1 Å². The second kappa shape index (κ2) is 14.5. The Bertz CT molecular complexity index is 835. The fourth-order valence-corrected chi connectivity index (χ4v) is 3.56. The molecule has 34 heavy (non-hydrogen) atoms. The summed E-state index contributed by atoms with van der Waals surface area (Å²) in [4.78, 5) is 49.6. The van der Waals surface area contributed by atoms with E-state index in [-0.39, 0.29) is 18.1 Å². The van der Waals surface area contributed by atoms with Gasteiger partial charge in [0.05, 0.1) is 6.04 Å². The van der Waals surface area contributed by atoms with Crippen LogP contribution in [0.3, 0.4) is 0 Å². The van der Waals surface area contributed by atoms with E-state index in [1.54, 1.807) is 30.8 Å². The molecule has 0 radical (unpaired) electrons. The molecule has 1 aromatic rings. The number of carbonyl (C=O) groups excluding carboxylic acids is 3. The molecule has 0 bridgehead atoms. The Kier molecular flexibility index (Phi) is 12.4. The molecule has 1 aromatic carbocycles. The smallest absolute Gasteiger partial charge is 0.326 e. The molecule has 0 heterocycles. The zero-order valence-electron chi connectivity index (χ0n) is 20.0. The summed E-state index contributed by atoms with van der Waals surface area (Å²) in [7, 11) is 0. The zero-order valence-corrected chi connectivity index (χ0v) is 20.9. The standard InChI is InChI=1S/C23H36N4O6S/c1-5-13(2)19(23(32)33)27-20(29)14(3)25-22(31)18(12-15-6-8-16(28)9-7-15)26-21(30)17(24)10-11-34-4/h6-9,13-14,17-19,28H,5,10-12,24H2,1-4H3,(H,25,31)(H,26,30)(H,27,29)(H,32,33). The minimum Gasteiger partial charge on any atom is -0.508 e. The van der Waals surface area contributed by atoms with Gasteiger partial charge in [0, 0.05) is 6.42 Å². The maximum Gasteiger partial charge on any atom is 0.326 e. The molecule has 11 heteroatoms. The predicted molar refractivity (Wildman–Crippen MR) is 131 cm³/mol. The molecule has 0 saturated carbocycles. The molecule has 5 atom stereocenters. The fourth-order valence-electron chi connectivity index (χ4n) is 3.07. The number of carbonyl (C=O) groups is 4. The van der Waals surface area contributed by atoms with Crippen molar-refractivity contribution in [1.29, 1.82) is 0 Å². The Balaban J connectivity index is 2.93. The number of aliphatic carboxylic acids is 1. The first-order chi connectivity index (χ1) is 16.0. The lowest BCUT2D eigenvalue weighted by Gasteiger charge is -2.25. The Morgan fingerprint density at radius 1 is 1.00 bits per heavy atom. The summed E-state index contributed by atoms with van der Waals surface area (Å²) in [5.41, 5.74) is 6.61. The molecule has 10 nitrogen and oxygen atoms in total. The van der Waals surface area contributed by atoms with Gasteiger partial charge in [-0.25, -0.2) is 4.79 Å². The number of aromatic hydroxyl groups is 1. The van der Waals surface area contributed by atoms with Gasteiger partial charge >= 0.3 is 5.97 Å². The van der Waals surface area contributed by atoms with Crippen molar-refractivity contribution in [2.45, 2.75) is 64.2 Å². The molecule has 0 spiro atoms. The van der Waals surface area contributed by atoms with E-state index >= 15 is 0 Å². The van der Waals surface area contributed by atoms with Crippen molar-refractivity contribution in [2.24, 2.45) is 11.7 Å². The predicted octanol–water partition coefficient (Wildman–Crippen LogP) is 0.620. The lowest BCUT2D eigenvalue weighted by Crippen LogP contribution is -2.57. The molecular weight excluding hydrogens is 460 g/mol. The van der Waals surface area contributed by atoms with Crippen molar-refractivity contribution in [1.82, 2.24) is 16.0 Å². The van der Waals surface area contributed by atoms with Crippen molar-refractivity contribution in [3.05, 3.63) is 29.8 Å². The summed E-state index contributed by atoms with van der Waals surface area (Å²) < 4.78 is 0. The van der Waals surface area contributed by atoms with E-state index in [0.29, 0.717) is 24.2 Å². The van der Waals surface area contributed by atoms with Gasteiger partial charge in [-0.3, -0.25) is 14.4 Å². The summed E-state index contributed by atoms with van der Waals surface area (Å²) in [6, 6.07) is 2.22. The van der Waals surface area contributed by atoms with Crippen LogP contribution < -0.4 is 21.7 Å². The van der Waals surface area contributed by atoms with Gasteiger partial charge in [-0.05, 0) is 49.0 Å². The highest BCUT2D eigenvalue weighted by Crippen LogP contribution is 2.12. The number of carboxylic acids is 1. The first kappa shape index (κ1) is 29.2. The Hall–Kier alpha value is -2.79. The number of nitrogens with two attached hydrogens (primary N) is 1. The van der Waals surface area contributed by atoms with Gasteiger partial charge < -0.3 is 31.9 Å². The van der Waals surface area contributed by atoms with Crippen molar-refractivity contribution in [2.75, 3.05) is 12.0 Å². The molecule has 3 amide bonds. The number of amides is 3. The number of phenolic OH excluding ortho intramolecular Hbond substituents is 1. The van der Waals surface area contributed by atoms with Crippen LogP contribution in [-0.4, -0.2) is 70.1 Å². The van der Waals surface area contributed by atoms with Gasteiger partial charge in [-0.1, -0.05) is 32.4 Å². The van der Waals surface area contributed by atoms with E-state index in [1.807, 2.05) is 13.2 Å². The van der Waals surface area contributed by atoms with Crippen LogP contribution in [0, 0.1) is 5.92 Å². The number of nitrogens with one attached hydrogen (secondary N) is 3. The van der Waals surface area contributed by atoms with Crippen molar-refractivity contribution in [3.8, 4) is 5.75 Å². The molecule has 7 N–H and O–H groups in total. The average Bonchev–Trinajstić information content (AvgIpc) is 2.80. The lowest BCUT2D eigenvalue weighted by atomic mass is 9.99. The van der Waals surface area contributed by atoms with E-state index in [0.717, 1.165) is 0 Å². The van der Waals surface area contributed by atoms with Crippen molar-refractivity contribution in [3.63, 3.8) is 0 Å². The van der Waals surface area contributed by atoms with Gasteiger partial charge in [0.2, 0.25) is 17.7 Å². The average molecular weight is 497 g/mol. The lowest BCUT2D eigenvalue weighted by molar-refractivity contribution is -0.143. The normalized spacial score (nSPS) is 15.3. The topological polar surface area (TPSA) is 171 Å². The van der Waals surface area contributed by atoms with Crippen LogP contribution in [0.15, 0.2) is 24.3 Å². The third-order valence-corrected chi connectivity index (χ3v) is 6.15. The summed E-state index contributed by atoms with van der Waals surface area (Å²) >= 11 is 1.55. The number of carboxylic acid groups (broad SMARTS) is 1. The molecule has 0 saturated heterocycles. The van der Waals surface area contributed by atoms with Crippen LogP contribution in [0.5, 0.6) is 5.75 Å². The largest absolute Gasteiger partial charge is 0.508 e. The SMILES string of the molecule is CCC(C)C(NC(=O)C(C)NC(=O)C(Cc1ccc(O)cc1)NC(=O)C(N)CCSC)C(=O)O. The monoisotopic (exact) mass is 496 g/mol. The molecule has 1 rings (SSSR count). The highest BCUT2D eigenvalue weighted by Gasteiger charge is 2.30. The van der Waals surface area contributed by atoms with Gasteiger partial charge in [-0.2, -0.15) is 11.8 Å². The summed E-state index contributed by atoms with van der Waals surface area (Å²) in [5, 5.41) is 26.5. The molecule has 0 aromatic heterocycles. The molecule has 5 unspecified atom stereocenters. The van der Waals surface area contributed by atoms with Gasteiger partial charge in [0.1, 0.15) is 23.9 Å². The van der Waals surface area contributed by atoms with E-state index < -0.39 is 47.9 Å². The molecule has 190 valence electrons. The van der Waals surface area contributed by atoms with Gasteiger partial charge in [-0.15, -0.1) is 0 Å². The Morgan fingerprint density at radius 2 is 1.62 bits per heavy atom. The minimum atomic E-state index is -1.15. The van der Waals surface area contributed by atoms with Crippen molar-refractivity contribution >= 4 is 35.5 Å². The first-order valence-corrected chi connectivity index (χ1v) is 12.6. The van der Waals surface area contributed by atoms with E-state index in [4.69, 9.17) is 5.73 Å². The zero-order chi connectivity index (χ0) is 25.8. The van der Waals surface area contributed by atoms with Crippen molar-refractivity contribution < 1.29 is 29.4 Å². The minimum absolute atomic E-state index is 0.0625. The van der Waals surface area contributed by atoms with Crippen LogP contribution in [0.4, 0.5) is 0 Å². The third-order valence-electron chi connectivity index (χ3n) is 5.51. The van der Waals surface area contributed by atoms with Crippen LogP contribution in [0.2, 0.25) is 0 Å². The molecule has 0 aliphatic heterocycles. The number of phenols is 1. The van der Waals surface area contributed by atoms with Crippen LogP contribution in [-0.2, 0) is 25.6 Å². The number of thioether (sulfide) groups is 1. The molecule has 0 fully saturated rings. The highest BCUT2D eigenvalue weighted by molar-refractivity contribution is 7.98. The Morgan fingerprint density at radius 3 is 2.15 bits per heavy atom. The van der Waals surface area contributed by atoms with Crippen LogP contribution in [0.25, 0.3) is 0 Å². The summed E-state index contributed by atoms with van der Waals surface area (Å²) in [6.07, 6.45) is 2.99. The number of hydrogen-bond acceptors (Lipinski definition) is 7. The van der Waals surface area contributed by atoms with E-state index in [9.17, 15) is 29.4 Å². The second-order valence-electron chi connectivity index (χ2n) is 8.26. The van der Waals surface area contributed by atoms with Crippen LogP contribution in [0.1, 0.15) is 39.2 Å². The Labute approximate surface area is 204 Å². The maximum absolute atomic E-state index is 13.0. The first-order valence-electron chi connectivity index (χ1n) is 11.2. The summed E-state index contributed by atoms with van der Waals surface area (Å²) in [5.74, 6) is -2.46. The van der Waals surface area contributed by atoms with Crippen LogP contribution >= 0.6 is 11.8 Å².